The fraction of sp³-hybridized carbons (Fsp3) is 0.176. The van der Waals surface area contributed by atoms with Gasteiger partial charge in [-0.15, -0.1) is 0 Å². The van der Waals surface area contributed by atoms with Crippen molar-refractivity contribution in [3.05, 3.63) is 60.2 Å². The zero-order valence-corrected chi connectivity index (χ0v) is 13.2. The maximum Gasteiger partial charge on any atom is 0.0155 e. The van der Waals surface area contributed by atoms with Gasteiger partial charge >= 0.3 is 0 Å². The molecule has 0 aliphatic rings. The summed E-state index contributed by atoms with van der Waals surface area (Å²) in [6, 6.07) is 19.8. The van der Waals surface area contributed by atoms with Crippen LogP contribution in [0.1, 0.15) is 19.4 Å². The minimum Gasteiger partial charge on any atom is -0.0616 e. The van der Waals surface area contributed by atoms with E-state index in [2.05, 4.69) is 68.4 Å². The van der Waals surface area contributed by atoms with E-state index in [0.717, 1.165) is 10.2 Å². The standard InChI is InChI=1S/C17H18Si/c1-17(2,18)16-14-9-5-3-7-12(14)11-13-8-4-6-10-15(13)16/h3-11H,1-2,18H3. The third kappa shape index (κ3) is 1.75. The van der Waals surface area contributed by atoms with Gasteiger partial charge in [0.1, 0.15) is 0 Å². The summed E-state index contributed by atoms with van der Waals surface area (Å²) in [7, 11) is 1.16. The summed E-state index contributed by atoms with van der Waals surface area (Å²) in [6.45, 7) is 4.71. The van der Waals surface area contributed by atoms with Crippen LogP contribution in [-0.2, 0) is 5.04 Å². The minimum atomic E-state index is 0.292. The lowest BCUT2D eigenvalue weighted by Gasteiger charge is -2.24. The van der Waals surface area contributed by atoms with Crippen LogP contribution in [0.25, 0.3) is 21.5 Å². The maximum absolute atomic E-state index is 2.35. The largest absolute Gasteiger partial charge is 0.0616 e. The summed E-state index contributed by atoms with van der Waals surface area (Å²) in [5.41, 5.74) is 1.52. The van der Waals surface area contributed by atoms with E-state index in [0.29, 0.717) is 5.04 Å². The van der Waals surface area contributed by atoms with E-state index in [-0.39, 0.29) is 0 Å². The Morgan fingerprint density at radius 2 is 1.22 bits per heavy atom. The molecule has 0 atom stereocenters. The van der Waals surface area contributed by atoms with E-state index in [1.807, 2.05) is 0 Å². The predicted octanol–water partition coefficient (Wildman–Crippen LogP) is 3.59. The van der Waals surface area contributed by atoms with Gasteiger partial charge < -0.3 is 0 Å². The van der Waals surface area contributed by atoms with Gasteiger partial charge in [0, 0.05) is 10.2 Å². The van der Waals surface area contributed by atoms with Crippen LogP contribution in [0.3, 0.4) is 0 Å². The zero-order chi connectivity index (χ0) is 12.8. The molecule has 0 nitrogen and oxygen atoms in total. The summed E-state index contributed by atoms with van der Waals surface area (Å²) >= 11 is 0. The van der Waals surface area contributed by atoms with Gasteiger partial charge in [-0.2, -0.15) is 0 Å². The lowest BCUT2D eigenvalue weighted by atomic mass is 9.89. The lowest BCUT2D eigenvalue weighted by molar-refractivity contribution is 0.780. The Morgan fingerprint density at radius 1 is 0.778 bits per heavy atom. The molecule has 3 aromatic rings. The Kier molecular flexibility index (Phi) is 2.53. The first-order valence-electron chi connectivity index (χ1n) is 6.48. The molecule has 0 heterocycles. The molecule has 0 bridgehead atoms. The highest BCUT2D eigenvalue weighted by Crippen LogP contribution is 2.35. The molecule has 0 spiro atoms. The first kappa shape index (κ1) is 11.5. The lowest BCUT2D eigenvalue weighted by Crippen LogP contribution is -2.17. The minimum absolute atomic E-state index is 0.292. The van der Waals surface area contributed by atoms with Crippen LogP contribution in [0.15, 0.2) is 54.6 Å². The second kappa shape index (κ2) is 3.96. The summed E-state index contributed by atoms with van der Waals surface area (Å²) in [6.07, 6.45) is 0. The van der Waals surface area contributed by atoms with Gasteiger partial charge in [0.25, 0.3) is 0 Å². The van der Waals surface area contributed by atoms with Crippen molar-refractivity contribution in [2.45, 2.75) is 18.9 Å². The van der Waals surface area contributed by atoms with Gasteiger partial charge in [-0.3, -0.25) is 0 Å². The number of hydrogen-bond donors (Lipinski definition) is 0. The van der Waals surface area contributed by atoms with E-state index < -0.39 is 0 Å². The van der Waals surface area contributed by atoms with E-state index in [4.69, 9.17) is 0 Å². The van der Waals surface area contributed by atoms with Crippen molar-refractivity contribution in [2.75, 3.05) is 0 Å². The smallest absolute Gasteiger partial charge is 0.0155 e. The molecule has 18 heavy (non-hydrogen) atoms. The molecule has 0 aliphatic carbocycles. The van der Waals surface area contributed by atoms with Crippen molar-refractivity contribution in [1.29, 1.82) is 0 Å². The average Bonchev–Trinajstić information content (AvgIpc) is 2.34. The quantitative estimate of drug-likeness (QED) is 0.457. The highest BCUT2D eigenvalue weighted by molar-refractivity contribution is 6.19. The molecule has 0 fully saturated rings. The van der Waals surface area contributed by atoms with Crippen molar-refractivity contribution >= 4 is 31.8 Å². The van der Waals surface area contributed by atoms with Gasteiger partial charge in [0.15, 0.2) is 0 Å². The summed E-state index contributed by atoms with van der Waals surface area (Å²) < 4.78 is 0. The molecule has 90 valence electrons. The van der Waals surface area contributed by atoms with E-state index >= 15 is 0 Å². The van der Waals surface area contributed by atoms with Crippen LogP contribution in [0.2, 0.25) is 0 Å². The van der Waals surface area contributed by atoms with Crippen molar-refractivity contribution in [2.24, 2.45) is 0 Å². The fourth-order valence-electron chi connectivity index (χ4n) is 2.82. The summed E-state index contributed by atoms with van der Waals surface area (Å²) in [4.78, 5) is 0. The van der Waals surface area contributed by atoms with Crippen LogP contribution in [-0.4, -0.2) is 10.2 Å². The molecule has 0 aromatic heterocycles. The molecule has 0 amide bonds. The van der Waals surface area contributed by atoms with E-state index in [9.17, 15) is 0 Å². The van der Waals surface area contributed by atoms with Crippen molar-refractivity contribution < 1.29 is 0 Å². The predicted molar refractivity (Wildman–Crippen MR) is 84.4 cm³/mol. The number of rotatable bonds is 1. The Morgan fingerprint density at radius 3 is 1.67 bits per heavy atom. The highest BCUT2D eigenvalue weighted by Gasteiger charge is 2.19. The Labute approximate surface area is 111 Å². The normalized spacial score (nSPS) is 12.3. The van der Waals surface area contributed by atoms with Crippen LogP contribution >= 0.6 is 0 Å². The molecule has 3 rings (SSSR count). The van der Waals surface area contributed by atoms with E-state index in [1.165, 1.54) is 27.1 Å². The monoisotopic (exact) mass is 250 g/mol. The third-order valence-corrected chi connectivity index (χ3v) is 4.02. The molecular formula is C17H18Si. The van der Waals surface area contributed by atoms with Crippen LogP contribution in [0.4, 0.5) is 0 Å². The first-order chi connectivity index (χ1) is 8.57. The van der Waals surface area contributed by atoms with Crippen molar-refractivity contribution in [1.82, 2.24) is 0 Å². The molecule has 0 aliphatic heterocycles. The molecule has 0 unspecified atom stereocenters. The van der Waals surface area contributed by atoms with Gasteiger partial charge in [0.2, 0.25) is 0 Å². The van der Waals surface area contributed by atoms with Gasteiger partial charge in [-0.05, 0) is 38.2 Å². The second-order valence-electron chi connectivity index (χ2n) is 5.94. The molecule has 0 saturated carbocycles. The average molecular weight is 250 g/mol. The zero-order valence-electron chi connectivity index (χ0n) is 11.2. The maximum atomic E-state index is 2.35. The number of benzene rings is 3. The van der Waals surface area contributed by atoms with Crippen molar-refractivity contribution in [3.8, 4) is 0 Å². The van der Waals surface area contributed by atoms with Gasteiger partial charge in [-0.1, -0.05) is 62.4 Å². The molecule has 1 heteroatoms. The molecule has 3 aromatic carbocycles. The SMILES string of the molecule is CC(C)([SiH3])c1c2ccccc2cc2ccccc12. The topological polar surface area (TPSA) is 0 Å². The molecule has 0 saturated heterocycles. The van der Waals surface area contributed by atoms with Gasteiger partial charge in [-0.25, -0.2) is 0 Å². The third-order valence-electron chi connectivity index (χ3n) is 3.52. The van der Waals surface area contributed by atoms with E-state index in [1.54, 1.807) is 0 Å². The Hall–Kier alpha value is -1.60. The summed E-state index contributed by atoms with van der Waals surface area (Å²) in [5.74, 6) is 0. The molecule has 0 radical (unpaired) electrons. The number of fused-ring (bicyclic) bond motifs is 2. The molecular weight excluding hydrogens is 232 g/mol. The first-order valence-corrected chi connectivity index (χ1v) is 7.48. The van der Waals surface area contributed by atoms with Crippen LogP contribution in [0, 0.1) is 0 Å². The van der Waals surface area contributed by atoms with Crippen LogP contribution in [0.5, 0.6) is 0 Å². The number of hydrogen-bond acceptors (Lipinski definition) is 0. The highest BCUT2D eigenvalue weighted by atomic mass is 28.1. The Balaban J connectivity index is 2.58. The van der Waals surface area contributed by atoms with Crippen LogP contribution < -0.4 is 0 Å². The van der Waals surface area contributed by atoms with Gasteiger partial charge in [0.05, 0.1) is 0 Å². The molecule has 0 N–H and O–H groups in total. The second-order valence-corrected chi connectivity index (χ2v) is 8.44. The Bertz CT molecular complexity index is 666. The van der Waals surface area contributed by atoms with Crippen molar-refractivity contribution in [3.63, 3.8) is 0 Å². The fourth-order valence-corrected chi connectivity index (χ4v) is 3.36. The summed E-state index contributed by atoms with van der Waals surface area (Å²) in [5, 5.41) is 5.83.